The maximum Gasteiger partial charge on any atom is 0.171 e. The Balaban J connectivity index is 1.85. The lowest BCUT2D eigenvalue weighted by atomic mass is 9.97. The Kier molecular flexibility index (Phi) is 6.01. The van der Waals surface area contributed by atoms with Crippen LogP contribution >= 0.6 is 28.1 Å². The Morgan fingerprint density at radius 2 is 1.69 bits per heavy atom. The van der Waals surface area contributed by atoms with Crippen molar-refractivity contribution in [3.8, 4) is 0 Å². The molecule has 0 saturated carbocycles. The van der Waals surface area contributed by atoms with Crippen LogP contribution in [0.4, 0.5) is 10.1 Å². The molecule has 26 heavy (non-hydrogen) atoms. The predicted molar refractivity (Wildman–Crippen MR) is 113 cm³/mol. The summed E-state index contributed by atoms with van der Waals surface area (Å²) in [4.78, 5) is 0. The first-order valence-corrected chi connectivity index (χ1v) is 9.37. The summed E-state index contributed by atoms with van der Waals surface area (Å²) in [6, 6.07) is 23.0. The molecule has 3 aromatic rings. The Bertz CT molecular complexity index is 915. The third-order valence-corrected chi connectivity index (χ3v) is 4.68. The van der Waals surface area contributed by atoms with E-state index in [1.807, 2.05) is 36.4 Å². The van der Waals surface area contributed by atoms with Crippen molar-refractivity contribution >= 4 is 38.9 Å². The highest BCUT2D eigenvalue weighted by atomic mass is 79.9. The van der Waals surface area contributed by atoms with Crippen molar-refractivity contribution in [2.45, 2.75) is 13.0 Å². The summed E-state index contributed by atoms with van der Waals surface area (Å²) in [5.41, 5.74) is 3.68. The molecule has 0 radical (unpaired) electrons. The molecule has 5 heteroatoms. The highest BCUT2D eigenvalue weighted by Gasteiger charge is 2.16. The zero-order valence-electron chi connectivity index (χ0n) is 14.2. The zero-order valence-corrected chi connectivity index (χ0v) is 16.6. The van der Waals surface area contributed by atoms with Crippen LogP contribution in [0.2, 0.25) is 0 Å². The normalized spacial score (nSPS) is 11.7. The van der Waals surface area contributed by atoms with E-state index in [0.717, 1.165) is 11.1 Å². The topological polar surface area (TPSA) is 24.1 Å². The summed E-state index contributed by atoms with van der Waals surface area (Å²) in [7, 11) is 0. The van der Waals surface area contributed by atoms with Crippen LogP contribution in [0.15, 0.2) is 77.3 Å². The van der Waals surface area contributed by atoms with Gasteiger partial charge in [0.15, 0.2) is 5.11 Å². The number of hydrogen-bond acceptors (Lipinski definition) is 1. The number of nitrogens with one attached hydrogen (secondary N) is 2. The monoisotopic (exact) mass is 428 g/mol. The van der Waals surface area contributed by atoms with Crippen molar-refractivity contribution in [2.24, 2.45) is 0 Å². The average molecular weight is 429 g/mol. The van der Waals surface area contributed by atoms with E-state index in [1.165, 1.54) is 11.6 Å². The van der Waals surface area contributed by atoms with E-state index in [4.69, 9.17) is 12.2 Å². The van der Waals surface area contributed by atoms with Crippen molar-refractivity contribution in [3.05, 3.63) is 99.8 Å². The SMILES string of the molecule is Cc1cccc([C@@H](NC(=S)Nc2ccc(Br)cc2F)c2ccccc2)c1. The predicted octanol–water partition coefficient (Wildman–Crippen LogP) is 5.97. The summed E-state index contributed by atoms with van der Waals surface area (Å²) in [5.74, 6) is -0.365. The van der Waals surface area contributed by atoms with E-state index in [2.05, 4.69) is 51.7 Å². The molecule has 0 amide bonds. The van der Waals surface area contributed by atoms with Crippen LogP contribution in [-0.2, 0) is 0 Å². The lowest BCUT2D eigenvalue weighted by molar-refractivity contribution is 0.631. The number of rotatable bonds is 4. The number of halogens is 2. The molecule has 0 aliphatic rings. The van der Waals surface area contributed by atoms with Gasteiger partial charge in [0.05, 0.1) is 11.7 Å². The minimum Gasteiger partial charge on any atom is -0.352 e. The Labute approximate surface area is 166 Å². The molecule has 2 nitrogen and oxygen atoms in total. The fourth-order valence-electron chi connectivity index (χ4n) is 2.73. The third-order valence-electron chi connectivity index (χ3n) is 3.96. The van der Waals surface area contributed by atoms with Crippen molar-refractivity contribution in [1.82, 2.24) is 5.32 Å². The van der Waals surface area contributed by atoms with E-state index in [1.54, 1.807) is 12.1 Å². The van der Waals surface area contributed by atoms with Crippen molar-refractivity contribution in [3.63, 3.8) is 0 Å². The average Bonchev–Trinajstić information content (AvgIpc) is 2.63. The van der Waals surface area contributed by atoms with E-state index < -0.39 is 0 Å². The summed E-state index contributed by atoms with van der Waals surface area (Å²) in [6.07, 6.45) is 0. The van der Waals surface area contributed by atoms with Gasteiger partial charge in [-0.1, -0.05) is 76.1 Å². The lowest BCUT2D eigenvalue weighted by Gasteiger charge is -2.22. The number of anilines is 1. The Morgan fingerprint density at radius 3 is 2.38 bits per heavy atom. The van der Waals surface area contributed by atoms with Gasteiger partial charge in [-0.3, -0.25) is 0 Å². The first kappa shape index (κ1) is 18.5. The van der Waals surface area contributed by atoms with Crippen molar-refractivity contribution in [2.75, 3.05) is 5.32 Å². The van der Waals surface area contributed by atoms with Gasteiger partial charge in [0.1, 0.15) is 5.82 Å². The molecule has 0 aliphatic carbocycles. The molecule has 0 heterocycles. The maximum atomic E-state index is 14.1. The smallest absolute Gasteiger partial charge is 0.171 e. The summed E-state index contributed by atoms with van der Waals surface area (Å²) < 4.78 is 14.7. The van der Waals surface area contributed by atoms with Gasteiger partial charge in [-0.25, -0.2) is 4.39 Å². The van der Waals surface area contributed by atoms with E-state index >= 15 is 0 Å². The summed E-state index contributed by atoms with van der Waals surface area (Å²) in [5, 5.41) is 6.62. The molecule has 132 valence electrons. The Hall–Kier alpha value is -2.24. The van der Waals surface area contributed by atoms with Gasteiger partial charge in [0.2, 0.25) is 0 Å². The second-order valence-corrected chi connectivity index (χ2v) is 7.30. The van der Waals surface area contributed by atoms with Crippen LogP contribution in [0.1, 0.15) is 22.7 Å². The fourth-order valence-corrected chi connectivity index (χ4v) is 3.30. The third kappa shape index (κ3) is 4.68. The molecular weight excluding hydrogens is 411 g/mol. The number of aryl methyl sites for hydroxylation is 1. The first-order valence-electron chi connectivity index (χ1n) is 8.17. The first-order chi connectivity index (χ1) is 12.5. The van der Waals surface area contributed by atoms with Crippen molar-refractivity contribution < 1.29 is 4.39 Å². The van der Waals surface area contributed by atoms with Gasteiger partial charge < -0.3 is 10.6 Å². The van der Waals surface area contributed by atoms with E-state index in [-0.39, 0.29) is 11.9 Å². The number of benzene rings is 3. The molecule has 0 bridgehead atoms. The molecule has 0 saturated heterocycles. The molecule has 1 atom stereocenters. The van der Waals surface area contributed by atoms with Crippen LogP contribution in [0, 0.1) is 12.7 Å². The van der Waals surface area contributed by atoms with E-state index in [9.17, 15) is 4.39 Å². The number of thiocarbonyl (C=S) groups is 1. The highest BCUT2D eigenvalue weighted by molar-refractivity contribution is 9.10. The van der Waals surface area contributed by atoms with Crippen LogP contribution < -0.4 is 10.6 Å². The van der Waals surface area contributed by atoms with Gasteiger partial charge >= 0.3 is 0 Å². The second kappa shape index (κ2) is 8.43. The Morgan fingerprint density at radius 1 is 0.962 bits per heavy atom. The van der Waals surface area contributed by atoms with Gasteiger partial charge in [0, 0.05) is 4.47 Å². The minimum atomic E-state index is -0.365. The molecule has 0 spiro atoms. The van der Waals surface area contributed by atoms with Crippen LogP contribution in [-0.4, -0.2) is 5.11 Å². The summed E-state index contributed by atoms with van der Waals surface area (Å²) >= 11 is 8.69. The maximum absolute atomic E-state index is 14.1. The molecule has 0 aromatic heterocycles. The van der Waals surface area contributed by atoms with Gasteiger partial charge in [-0.2, -0.15) is 0 Å². The second-order valence-electron chi connectivity index (χ2n) is 5.98. The molecule has 0 aliphatic heterocycles. The zero-order chi connectivity index (χ0) is 18.5. The molecule has 3 aromatic carbocycles. The van der Waals surface area contributed by atoms with Gasteiger partial charge in [-0.15, -0.1) is 0 Å². The fraction of sp³-hybridized carbons (Fsp3) is 0.0952. The van der Waals surface area contributed by atoms with Gasteiger partial charge in [0.25, 0.3) is 0 Å². The van der Waals surface area contributed by atoms with Crippen LogP contribution in [0.3, 0.4) is 0 Å². The van der Waals surface area contributed by atoms with Gasteiger partial charge in [-0.05, 0) is 48.5 Å². The standard InChI is InChI=1S/C21H18BrFN2S/c1-14-6-5-9-16(12-14)20(15-7-3-2-4-8-15)25-21(26)24-19-11-10-17(22)13-18(19)23/h2-13,20H,1H3,(H2,24,25,26)/t20-/m0/s1. The largest absolute Gasteiger partial charge is 0.352 e. The van der Waals surface area contributed by atoms with E-state index in [0.29, 0.717) is 15.3 Å². The summed E-state index contributed by atoms with van der Waals surface area (Å²) in [6.45, 7) is 2.05. The highest BCUT2D eigenvalue weighted by Crippen LogP contribution is 2.24. The molecule has 0 fully saturated rings. The molecular formula is C21H18BrFN2S. The quantitative estimate of drug-likeness (QED) is 0.500. The van der Waals surface area contributed by atoms with Crippen LogP contribution in [0.5, 0.6) is 0 Å². The van der Waals surface area contributed by atoms with Crippen molar-refractivity contribution in [1.29, 1.82) is 0 Å². The molecule has 0 unspecified atom stereocenters. The number of hydrogen-bond donors (Lipinski definition) is 2. The lowest BCUT2D eigenvalue weighted by Crippen LogP contribution is -2.33. The minimum absolute atomic E-state index is 0.130. The van der Waals surface area contributed by atoms with Crippen LogP contribution in [0.25, 0.3) is 0 Å². The molecule has 2 N–H and O–H groups in total. The molecule has 3 rings (SSSR count).